The fourth-order valence-electron chi connectivity index (χ4n) is 0.938. The van der Waals surface area contributed by atoms with Crippen molar-refractivity contribution in [1.29, 1.82) is 0 Å². The second kappa shape index (κ2) is 8.47. The van der Waals surface area contributed by atoms with Crippen molar-refractivity contribution in [2.75, 3.05) is 0 Å². The predicted octanol–water partition coefficient (Wildman–Crippen LogP) is -4.14. The van der Waals surface area contributed by atoms with Crippen molar-refractivity contribution in [2.24, 2.45) is 0 Å². The topological polar surface area (TPSA) is 0 Å². The van der Waals surface area contributed by atoms with E-state index >= 15 is 0 Å². The molecule has 0 aliphatic heterocycles. The molecular weight excluding hydrogens is 320 g/mol. The minimum absolute atomic E-state index is 0. The Morgan fingerprint density at radius 3 is 1.46 bits per heavy atom. The van der Waals surface area contributed by atoms with Crippen LogP contribution in [0.4, 0.5) is 0 Å². The molecule has 13 heavy (non-hydrogen) atoms. The van der Waals surface area contributed by atoms with Gasteiger partial charge < -0.3 is 34.0 Å². The molecular formula is C9H14Br2MgSi. The number of rotatable bonds is 1. The molecule has 0 amide bonds. The molecule has 0 heterocycles. The van der Waals surface area contributed by atoms with E-state index in [4.69, 9.17) is 0 Å². The molecule has 0 nitrogen and oxygen atoms in total. The molecule has 0 aliphatic rings. The predicted molar refractivity (Wildman–Crippen MR) is 55.2 cm³/mol. The van der Waals surface area contributed by atoms with Crippen molar-refractivity contribution in [3.8, 4) is 0 Å². The first kappa shape index (κ1) is 19.7. The maximum Gasteiger partial charge on any atom is 2.00 e. The van der Waals surface area contributed by atoms with Crippen LogP contribution in [0.15, 0.2) is 30.3 Å². The Balaban J connectivity index is -0.000000333. The molecule has 1 rings (SSSR count). The van der Waals surface area contributed by atoms with Gasteiger partial charge in [-0.3, -0.25) is 0 Å². The fraction of sp³-hybridized carbons (Fsp3) is 0.333. The van der Waals surface area contributed by atoms with E-state index in [1.807, 2.05) is 0 Å². The van der Waals surface area contributed by atoms with Crippen LogP contribution in [0.5, 0.6) is 0 Å². The average molecular weight is 334 g/mol. The Morgan fingerprint density at radius 1 is 0.846 bits per heavy atom. The van der Waals surface area contributed by atoms with Crippen molar-refractivity contribution >= 4 is 36.3 Å². The van der Waals surface area contributed by atoms with Crippen LogP contribution in [0.1, 0.15) is 0 Å². The quantitative estimate of drug-likeness (QED) is 0.458. The summed E-state index contributed by atoms with van der Waals surface area (Å²) in [7, 11) is -1.03. The molecule has 1 aromatic rings. The minimum Gasteiger partial charge on any atom is -1.00 e. The Kier molecular flexibility index (Phi) is 12.8. The fourth-order valence-corrected chi connectivity index (χ4v) is 2.13. The Bertz CT molecular complexity index is 209. The summed E-state index contributed by atoms with van der Waals surface area (Å²) >= 11 is 0. The van der Waals surface area contributed by atoms with E-state index < -0.39 is 8.07 Å². The van der Waals surface area contributed by atoms with Gasteiger partial charge in [-0.2, -0.15) is 0 Å². The molecule has 0 saturated heterocycles. The SMILES string of the molecule is C[Si](C)(C)c1ccccc1.[Br-].[Br-].[Mg+2]. The molecule has 0 aliphatic carbocycles. The molecule has 0 N–H and O–H groups in total. The maximum atomic E-state index is 2.36. The molecule has 70 valence electrons. The summed E-state index contributed by atoms with van der Waals surface area (Å²) in [5.41, 5.74) is 0. The van der Waals surface area contributed by atoms with Gasteiger partial charge in [0, 0.05) is 0 Å². The van der Waals surface area contributed by atoms with Crippen LogP contribution in [0.2, 0.25) is 19.6 Å². The number of hydrogen-bond donors (Lipinski definition) is 0. The van der Waals surface area contributed by atoms with E-state index in [0.717, 1.165) is 0 Å². The summed E-state index contributed by atoms with van der Waals surface area (Å²) in [4.78, 5) is 0. The van der Waals surface area contributed by atoms with Crippen LogP contribution in [0, 0.1) is 0 Å². The van der Waals surface area contributed by atoms with Crippen molar-refractivity contribution in [1.82, 2.24) is 0 Å². The summed E-state index contributed by atoms with van der Waals surface area (Å²) in [5, 5.41) is 1.54. The average Bonchev–Trinajstić information content (AvgIpc) is 1.88. The van der Waals surface area contributed by atoms with Crippen LogP contribution in [0.25, 0.3) is 0 Å². The molecule has 0 radical (unpaired) electrons. The zero-order valence-electron chi connectivity index (χ0n) is 8.35. The smallest absolute Gasteiger partial charge is 1.00 e. The molecule has 1 aromatic carbocycles. The van der Waals surface area contributed by atoms with Crippen molar-refractivity contribution in [3.63, 3.8) is 0 Å². The van der Waals surface area contributed by atoms with Gasteiger partial charge in [0.25, 0.3) is 0 Å². The van der Waals surface area contributed by atoms with Crippen LogP contribution in [0.3, 0.4) is 0 Å². The van der Waals surface area contributed by atoms with E-state index in [0.29, 0.717) is 0 Å². The Labute approximate surface area is 119 Å². The van der Waals surface area contributed by atoms with Gasteiger partial charge in [0.2, 0.25) is 0 Å². The van der Waals surface area contributed by atoms with E-state index in [-0.39, 0.29) is 57.0 Å². The largest absolute Gasteiger partial charge is 2.00 e. The van der Waals surface area contributed by atoms with Crippen molar-refractivity contribution < 1.29 is 34.0 Å². The second-order valence-corrected chi connectivity index (χ2v) is 8.69. The van der Waals surface area contributed by atoms with Gasteiger partial charge in [-0.25, -0.2) is 0 Å². The standard InChI is InChI=1S/C9H14Si.2BrH.Mg/c1-10(2,3)9-7-5-4-6-8-9;;;/h4-8H,1-3H3;2*1H;/q;;;+2/p-2. The molecule has 0 unspecified atom stereocenters. The molecule has 0 atom stereocenters. The van der Waals surface area contributed by atoms with Crippen LogP contribution >= 0.6 is 0 Å². The molecule has 0 fully saturated rings. The van der Waals surface area contributed by atoms with Crippen LogP contribution in [-0.4, -0.2) is 31.1 Å². The first-order valence-electron chi connectivity index (χ1n) is 3.66. The van der Waals surface area contributed by atoms with Gasteiger partial charge in [0.1, 0.15) is 0 Å². The normalized spacial score (nSPS) is 8.85. The van der Waals surface area contributed by atoms with Gasteiger partial charge in [-0.15, -0.1) is 0 Å². The van der Waals surface area contributed by atoms with E-state index in [2.05, 4.69) is 50.0 Å². The van der Waals surface area contributed by atoms with Crippen molar-refractivity contribution in [2.45, 2.75) is 19.6 Å². The maximum absolute atomic E-state index is 2.36. The molecule has 0 aromatic heterocycles. The summed E-state index contributed by atoms with van der Waals surface area (Å²) < 4.78 is 0. The molecule has 4 heteroatoms. The molecule has 0 bridgehead atoms. The van der Waals surface area contributed by atoms with E-state index in [9.17, 15) is 0 Å². The molecule has 0 saturated carbocycles. The summed E-state index contributed by atoms with van der Waals surface area (Å²) in [6, 6.07) is 10.8. The zero-order valence-corrected chi connectivity index (χ0v) is 13.9. The zero-order chi connectivity index (χ0) is 7.61. The first-order valence-corrected chi connectivity index (χ1v) is 7.16. The van der Waals surface area contributed by atoms with Crippen molar-refractivity contribution in [3.05, 3.63) is 30.3 Å². The van der Waals surface area contributed by atoms with Gasteiger partial charge >= 0.3 is 23.1 Å². The van der Waals surface area contributed by atoms with E-state index in [1.165, 1.54) is 5.19 Å². The monoisotopic (exact) mass is 332 g/mol. The van der Waals surface area contributed by atoms with Gasteiger partial charge in [-0.1, -0.05) is 55.2 Å². The van der Waals surface area contributed by atoms with Gasteiger partial charge in [-0.05, 0) is 0 Å². The second-order valence-electron chi connectivity index (χ2n) is 3.62. The number of halogens is 2. The Morgan fingerprint density at radius 2 is 1.23 bits per heavy atom. The summed E-state index contributed by atoms with van der Waals surface area (Å²) in [5.74, 6) is 0. The number of benzene rings is 1. The first-order chi connectivity index (χ1) is 4.61. The van der Waals surface area contributed by atoms with Crippen LogP contribution < -0.4 is 39.1 Å². The minimum atomic E-state index is -1.03. The number of hydrogen-bond acceptors (Lipinski definition) is 0. The third-order valence-electron chi connectivity index (χ3n) is 1.64. The third kappa shape index (κ3) is 7.13. The van der Waals surface area contributed by atoms with Gasteiger partial charge in [0.15, 0.2) is 0 Å². The van der Waals surface area contributed by atoms with E-state index in [1.54, 1.807) is 0 Å². The molecule has 0 spiro atoms. The Hall–Kier alpha value is 1.16. The summed E-state index contributed by atoms with van der Waals surface area (Å²) in [6.45, 7) is 7.09. The van der Waals surface area contributed by atoms with Crippen LogP contribution in [-0.2, 0) is 0 Å². The third-order valence-corrected chi connectivity index (χ3v) is 3.71. The van der Waals surface area contributed by atoms with Gasteiger partial charge in [0.05, 0.1) is 8.07 Å². The summed E-state index contributed by atoms with van der Waals surface area (Å²) in [6.07, 6.45) is 0.